The first-order chi connectivity index (χ1) is 10.8. The molecule has 112 valence electrons. The summed E-state index contributed by atoms with van der Waals surface area (Å²) in [6.07, 6.45) is 3.63. The molecular formula is C17H17BrN4. The first-order valence-electron chi connectivity index (χ1n) is 7.94. The van der Waals surface area contributed by atoms with Gasteiger partial charge in [-0.2, -0.15) is 0 Å². The largest absolute Gasteiger partial charge is 0.352 e. The maximum atomic E-state index is 5.00. The number of pyridine rings is 1. The Balaban J connectivity index is 1.83. The van der Waals surface area contributed by atoms with Crippen molar-refractivity contribution in [2.24, 2.45) is 10.9 Å². The molecule has 3 aliphatic rings. The standard InChI is InChI=1S/C17H17BrN4/c18-11-1-2-14-12(9-11)13-7-10-8-15(10)20-16(13)17(21-14)22-5-3-19-4-6-22/h1-2,7,9-10,15,19H,3-6,8H2. The van der Waals surface area contributed by atoms with Crippen molar-refractivity contribution in [3.8, 4) is 0 Å². The first kappa shape index (κ1) is 13.0. The van der Waals surface area contributed by atoms with Crippen LogP contribution in [0.2, 0.25) is 0 Å². The van der Waals surface area contributed by atoms with Crippen LogP contribution in [0.4, 0.5) is 5.82 Å². The van der Waals surface area contributed by atoms with Gasteiger partial charge in [-0.15, -0.1) is 0 Å². The maximum absolute atomic E-state index is 5.00. The number of fused-ring (bicyclic) bond motifs is 4. The van der Waals surface area contributed by atoms with Crippen molar-refractivity contribution >= 4 is 38.7 Å². The number of nitrogens with one attached hydrogen (secondary N) is 1. The summed E-state index contributed by atoms with van der Waals surface area (Å²) in [5.74, 6) is 1.72. The van der Waals surface area contributed by atoms with E-state index in [0.29, 0.717) is 12.0 Å². The molecule has 0 radical (unpaired) electrons. The lowest BCUT2D eigenvalue weighted by Gasteiger charge is -2.29. The predicted octanol–water partition coefficient (Wildman–Crippen LogP) is 1.21. The van der Waals surface area contributed by atoms with Gasteiger partial charge in [-0.25, -0.2) is 4.98 Å². The topological polar surface area (TPSA) is 40.5 Å². The molecule has 1 aliphatic carbocycles. The van der Waals surface area contributed by atoms with Crippen LogP contribution in [-0.2, 0) is 0 Å². The molecule has 0 bridgehead atoms. The van der Waals surface area contributed by atoms with Crippen LogP contribution in [0.3, 0.4) is 0 Å². The first-order valence-corrected chi connectivity index (χ1v) is 8.73. The summed E-state index contributed by atoms with van der Waals surface area (Å²) in [6, 6.07) is 6.86. The van der Waals surface area contributed by atoms with E-state index in [1.807, 2.05) is 0 Å². The number of hydrogen-bond donors (Lipinski definition) is 1. The van der Waals surface area contributed by atoms with Crippen molar-refractivity contribution in [1.82, 2.24) is 10.3 Å². The smallest absolute Gasteiger partial charge is 0.155 e. The second-order valence-electron chi connectivity index (χ2n) is 6.36. The van der Waals surface area contributed by atoms with Crippen molar-refractivity contribution < 1.29 is 0 Å². The van der Waals surface area contributed by atoms with Gasteiger partial charge >= 0.3 is 0 Å². The summed E-state index contributed by atoms with van der Waals surface area (Å²) >= 11 is 3.59. The number of anilines is 1. The Labute approximate surface area is 137 Å². The van der Waals surface area contributed by atoms with Crippen LogP contribution in [0.25, 0.3) is 17.0 Å². The molecule has 5 heteroatoms. The fourth-order valence-corrected chi connectivity index (χ4v) is 3.90. The maximum Gasteiger partial charge on any atom is 0.155 e. The molecule has 1 aromatic carbocycles. The molecule has 1 aromatic heterocycles. The molecule has 0 amide bonds. The molecule has 0 spiro atoms. The zero-order valence-corrected chi connectivity index (χ0v) is 13.8. The highest BCUT2D eigenvalue weighted by Gasteiger charge is 2.37. The molecule has 2 atom stereocenters. The Morgan fingerprint density at radius 3 is 2.95 bits per heavy atom. The Morgan fingerprint density at radius 2 is 2.09 bits per heavy atom. The van der Waals surface area contributed by atoms with Gasteiger partial charge in [-0.05, 0) is 24.6 Å². The SMILES string of the molecule is Brc1ccc2nc(N3CCNCC3)c3c(c2c1)=CC1CC1N=3. The molecule has 2 unspecified atom stereocenters. The molecule has 2 aromatic rings. The van der Waals surface area contributed by atoms with E-state index in [-0.39, 0.29) is 0 Å². The summed E-state index contributed by atoms with van der Waals surface area (Å²) in [6.45, 7) is 4.05. The molecule has 1 N–H and O–H groups in total. The van der Waals surface area contributed by atoms with E-state index in [0.717, 1.165) is 47.3 Å². The summed E-state index contributed by atoms with van der Waals surface area (Å²) in [4.78, 5) is 12.4. The van der Waals surface area contributed by atoms with Crippen molar-refractivity contribution in [2.75, 3.05) is 31.1 Å². The number of benzene rings is 1. The number of hydrogen-bond acceptors (Lipinski definition) is 4. The van der Waals surface area contributed by atoms with E-state index in [2.05, 4.69) is 50.4 Å². The predicted molar refractivity (Wildman–Crippen MR) is 91.7 cm³/mol. The minimum Gasteiger partial charge on any atom is -0.352 e. The average molecular weight is 357 g/mol. The fourth-order valence-electron chi connectivity index (χ4n) is 3.54. The monoisotopic (exact) mass is 356 g/mol. The van der Waals surface area contributed by atoms with Crippen molar-refractivity contribution in [3.05, 3.63) is 33.2 Å². The third-order valence-electron chi connectivity index (χ3n) is 4.84. The highest BCUT2D eigenvalue weighted by Crippen LogP contribution is 2.36. The molecule has 2 fully saturated rings. The van der Waals surface area contributed by atoms with Gasteiger partial charge in [0.15, 0.2) is 5.82 Å². The number of halogens is 1. The summed E-state index contributed by atoms with van der Waals surface area (Å²) in [5.41, 5.74) is 1.07. The highest BCUT2D eigenvalue weighted by atomic mass is 79.9. The molecular weight excluding hydrogens is 340 g/mol. The van der Waals surface area contributed by atoms with Crippen LogP contribution in [0.5, 0.6) is 0 Å². The molecule has 2 aliphatic heterocycles. The fraction of sp³-hybridized carbons (Fsp3) is 0.412. The molecule has 3 heterocycles. The number of aromatic nitrogens is 1. The molecule has 4 nitrogen and oxygen atoms in total. The van der Waals surface area contributed by atoms with E-state index >= 15 is 0 Å². The number of rotatable bonds is 1. The van der Waals surface area contributed by atoms with Crippen LogP contribution in [0.1, 0.15) is 6.42 Å². The molecule has 1 saturated carbocycles. The second-order valence-corrected chi connectivity index (χ2v) is 7.27. The van der Waals surface area contributed by atoms with E-state index in [1.165, 1.54) is 17.0 Å². The highest BCUT2D eigenvalue weighted by molar-refractivity contribution is 9.10. The average Bonchev–Trinajstić information content (AvgIpc) is 3.31. The minimum atomic E-state index is 0.501. The van der Waals surface area contributed by atoms with E-state index in [9.17, 15) is 0 Å². The number of piperazine rings is 1. The van der Waals surface area contributed by atoms with Crippen LogP contribution < -0.4 is 20.8 Å². The number of nitrogens with zero attached hydrogens (tertiary/aromatic N) is 3. The van der Waals surface area contributed by atoms with Crippen molar-refractivity contribution in [3.63, 3.8) is 0 Å². The van der Waals surface area contributed by atoms with Crippen LogP contribution in [-0.4, -0.2) is 37.2 Å². The summed E-state index contributed by atoms with van der Waals surface area (Å²) in [5, 5.41) is 7.04. The Morgan fingerprint density at radius 1 is 1.23 bits per heavy atom. The van der Waals surface area contributed by atoms with Gasteiger partial charge in [0.2, 0.25) is 0 Å². The van der Waals surface area contributed by atoms with Crippen LogP contribution in [0.15, 0.2) is 27.7 Å². The summed E-state index contributed by atoms with van der Waals surface area (Å²) < 4.78 is 1.10. The third-order valence-corrected chi connectivity index (χ3v) is 5.33. The van der Waals surface area contributed by atoms with Gasteiger partial charge < -0.3 is 10.2 Å². The van der Waals surface area contributed by atoms with Crippen LogP contribution >= 0.6 is 15.9 Å². The van der Waals surface area contributed by atoms with Gasteiger partial charge in [0.05, 0.1) is 11.6 Å². The van der Waals surface area contributed by atoms with E-state index in [1.54, 1.807) is 0 Å². The van der Waals surface area contributed by atoms with Crippen molar-refractivity contribution in [2.45, 2.75) is 12.5 Å². The Bertz CT molecular complexity index is 886. The van der Waals surface area contributed by atoms with Gasteiger partial charge in [0, 0.05) is 47.2 Å². The quantitative estimate of drug-likeness (QED) is 0.834. The lowest BCUT2D eigenvalue weighted by molar-refractivity contribution is 0.583. The van der Waals surface area contributed by atoms with Crippen LogP contribution in [0, 0.1) is 5.92 Å². The van der Waals surface area contributed by atoms with Gasteiger partial charge in [0.1, 0.15) is 5.36 Å². The Kier molecular flexibility index (Phi) is 2.82. The lowest BCUT2D eigenvalue weighted by Crippen LogP contribution is -2.48. The normalized spacial score (nSPS) is 26.0. The zero-order chi connectivity index (χ0) is 14.7. The van der Waals surface area contributed by atoms with Crippen molar-refractivity contribution in [1.29, 1.82) is 0 Å². The minimum absolute atomic E-state index is 0.501. The molecule has 5 rings (SSSR count). The lowest BCUT2D eigenvalue weighted by atomic mass is 10.1. The van der Waals surface area contributed by atoms with E-state index < -0.39 is 0 Å². The third kappa shape index (κ3) is 1.99. The molecule has 1 saturated heterocycles. The second kappa shape index (κ2) is 4.77. The van der Waals surface area contributed by atoms with E-state index in [4.69, 9.17) is 9.98 Å². The summed E-state index contributed by atoms with van der Waals surface area (Å²) in [7, 11) is 0. The zero-order valence-electron chi connectivity index (χ0n) is 12.2. The van der Waals surface area contributed by atoms with Gasteiger partial charge in [0.25, 0.3) is 0 Å². The van der Waals surface area contributed by atoms with Gasteiger partial charge in [-0.3, -0.25) is 4.99 Å². The van der Waals surface area contributed by atoms with Gasteiger partial charge in [-0.1, -0.05) is 22.0 Å². The Hall–Kier alpha value is -1.46. The molecule has 22 heavy (non-hydrogen) atoms.